The van der Waals surface area contributed by atoms with Crippen LogP contribution in [0.4, 0.5) is 0 Å². The van der Waals surface area contributed by atoms with Gasteiger partial charge in [-0.05, 0) is 25.2 Å². The van der Waals surface area contributed by atoms with Crippen molar-refractivity contribution in [2.45, 2.75) is 13.5 Å². The summed E-state index contributed by atoms with van der Waals surface area (Å²) in [6.45, 7) is 7.57. The third kappa shape index (κ3) is 4.87. The number of thiocarbonyl (C=S) groups is 1. The van der Waals surface area contributed by atoms with Gasteiger partial charge in [0.25, 0.3) is 0 Å². The minimum Gasteiger partial charge on any atom is -0.494 e. The summed E-state index contributed by atoms with van der Waals surface area (Å²) in [7, 11) is 0. The number of hydrogen-bond donors (Lipinski definition) is 2. The lowest BCUT2D eigenvalue weighted by Crippen LogP contribution is -2.34. The summed E-state index contributed by atoms with van der Waals surface area (Å²) >= 11 is 5.12. The molecule has 1 aromatic rings. The van der Waals surface area contributed by atoms with Crippen molar-refractivity contribution in [3.8, 4) is 5.75 Å². The predicted molar refractivity (Wildman–Crippen MR) is 75.2 cm³/mol. The van der Waals surface area contributed by atoms with E-state index in [2.05, 4.69) is 17.2 Å². The van der Waals surface area contributed by atoms with E-state index in [0.717, 1.165) is 11.3 Å². The normalized spacial score (nSPS) is 9.47. The fourth-order valence-electron chi connectivity index (χ4n) is 1.35. The molecule has 2 N–H and O–H groups in total. The minimum atomic E-state index is 0.621. The van der Waals surface area contributed by atoms with Crippen molar-refractivity contribution < 1.29 is 4.74 Å². The Morgan fingerprint density at radius 2 is 2.18 bits per heavy atom. The van der Waals surface area contributed by atoms with Crippen LogP contribution < -0.4 is 15.4 Å². The van der Waals surface area contributed by atoms with E-state index in [-0.39, 0.29) is 0 Å². The molecule has 0 aliphatic carbocycles. The van der Waals surface area contributed by atoms with E-state index < -0.39 is 0 Å². The maximum Gasteiger partial charge on any atom is 0.166 e. The molecule has 0 aliphatic heterocycles. The molecule has 92 valence electrons. The largest absolute Gasteiger partial charge is 0.494 e. The summed E-state index contributed by atoms with van der Waals surface area (Å²) in [6, 6.07) is 7.93. The second-order valence-corrected chi connectivity index (χ2v) is 3.80. The summed E-state index contributed by atoms with van der Waals surface area (Å²) in [5.41, 5.74) is 1.09. The van der Waals surface area contributed by atoms with Gasteiger partial charge in [-0.3, -0.25) is 0 Å². The van der Waals surface area contributed by atoms with Gasteiger partial charge in [0, 0.05) is 18.7 Å². The molecule has 0 saturated carbocycles. The standard InChI is InChI=1S/C13H18N2OS/c1-3-9-14-13(17)15-10-11-7-5-6-8-12(11)16-4-2/h3,5-8H,1,4,9-10H2,2H3,(H2,14,15,17). The molecule has 0 amide bonds. The summed E-state index contributed by atoms with van der Waals surface area (Å²) in [5.74, 6) is 0.897. The number of rotatable bonds is 6. The van der Waals surface area contributed by atoms with Gasteiger partial charge < -0.3 is 15.4 Å². The molecule has 0 radical (unpaired) electrons. The van der Waals surface area contributed by atoms with Crippen LogP contribution >= 0.6 is 12.2 Å². The maximum atomic E-state index is 5.53. The molecule has 0 unspecified atom stereocenters. The lowest BCUT2D eigenvalue weighted by Gasteiger charge is -2.12. The number of nitrogens with one attached hydrogen (secondary N) is 2. The van der Waals surface area contributed by atoms with Crippen LogP contribution in [0.25, 0.3) is 0 Å². The zero-order chi connectivity index (χ0) is 12.5. The third-order valence-corrected chi connectivity index (χ3v) is 2.41. The molecule has 4 heteroatoms. The quantitative estimate of drug-likeness (QED) is 0.599. The number of hydrogen-bond acceptors (Lipinski definition) is 2. The SMILES string of the molecule is C=CCNC(=S)NCc1ccccc1OCC. The van der Waals surface area contributed by atoms with Gasteiger partial charge in [-0.2, -0.15) is 0 Å². The average molecular weight is 250 g/mol. The van der Waals surface area contributed by atoms with Crippen molar-refractivity contribution in [1.82, 2.24) is 10.6 Å². The molecular formula is C13H18N2OS. The highest BCUT2D eigenvalue weighted by Gasteiger charge is 2.02. The summed E-state index contributed by atoms with van der Waals surface area (Å²) in [4.78, 5) is 0. The average Bonchev–Trinajstić information content (AvgIpc) is 2.35. The van der Waals surface area contributed by atoms with Crippen LogP contribution in [0.15, 0.2) is 36.9 Å². The Morgan fingerprint density at radius 1 is 1.41 bits per heavy atom. The van der Waals surface area contributed by atoms with Crippen LogP contribution in [-0.2, 0) is 6.54 Å². The van der Waals surface area contributed by atoms with Crippen molar-refractivity contribution in [1.29, 1.82) is 0 Å². The molecule has 1 aromatic carbocycles. The molecule has 3 nitrogen and oxygen atoms in total. The molecule has 0 bridgehead atoms. The zero-order valence-corrected chi connectivity index (χ0v) is 10.8. The van der Waals surface area contributed by atoms with E-state index in [1.807, 2.05) is 31.2 Å². The van der Waals surface area contributed by atoms with E-state index in [1.54, 1.807) is 6.08 Å². The van der Waals surface area contributed by atoms with E-state index >= 15 is 0 Å². The fourth-order valence-corrected chi connectivity index (χ4v) is 1.50. The third-order valence-electron chi connectivity index (χ3n) is 2.12. The minimum absolute atomic E-state index is 0.621. The molecule has 0 aliphatic rings. The number of ether oxygens (including phenoxy) is 1. The first-order chi connectivity index (χ1) is 8.27. The lowest BCUT2D eigenvalue weighted by molar-refractivity contribution is 0.336. The monoisotopic (exact) mass is 250 g/mol. The highest BCUT2D eigenvalue weighted by Crippen LogP contribution is 2.17. The molecule has 0 saturated heterocycles. The lowest BCUT2D eigenvalue weighted by atomic mass is 10.2. The zero-order valence-electron chi connectivity index (χ0n) is 10.0. The van der Waals surface area contributed by atoms with Crippen molar-refractivity contribution >= 4 is 17.3 Å². The highest BCUT2D eigenvalue weighted by molar-refractivity contribution is 7.80. The number of benzene rings is 1. The van der Waals surface area contributed by atoms with Crippen LogP contribution in [-0.4, -0.2) is 18.3 Å². The Labute approximate surface area is 108 Å². The second-order valence-electron chi connectivity index (χ2n) is 3.39. The summed E-state index contributed by atoms with van der Waals surface area (Å²) < 4.78 is 5.53. The van der Waals surface area contributed by atoms with Gasteiger partial charge in [0.2, 0.25) is 0 Å². The van der Waals surface area contributed by atoms with Crippen LogP contribution in [0.2, 0.25) is 0 Å². The Balaban J connectivity index is 2.50. The highest BCUT2D eigenvalue weighted by atomic mass is 32.1. The molecule has 0 aromatic heterocycles. The molecule has 17 heavy (non-hydrogen) atoms. The second kappa shape index (κ2) is 7.68. The van der Waals surface area contributed by atoms with Crippen molar-refractivity contribution in [3.05, 3.63) is 42.5 Å². The first kappa shape index (κ1) is 13.5. The maximum absolute atomic E-state index is 5.53. The number of para-hydroxylation sites is 1. The molecular weight excluding hydrogens is 232 g/mol. The van der Waals surface area contributed by atoms with Gasteiger partial charge in [0.15, 0.2) is 5.11 Å². The molecule has 0 fully saturated rings. The molecule has 1 rings (SSSR count). The van der Waals surface area contributed by atoms with Gasteiger partial charge in [-0.25, -0.2) is 0 Å². The van der Waals surface area contributed by atoms with E-state index in [4.69, 9.17) is 17.0 Å². The smallest absolute Gasteiger partial charge is 0.166 e. The Hall–Kier alpha value is -1.55. The Bertz CT molecular complexity index is 379. The van der Waals surface area contributed by atoms with Gasteiger partial charge >= 0.3 is 0 Å². The van der Waals surface area contributed by atoms with Gasteiger partial charge in [0.1, 0.15) is 5.75 Å². The van der Waals surface area contributed by atoms with Crippen molar-refractivity contribution in [3.63, 3.8) is 0 Å². The Morgan fingerprint density at radius 3 is 2.88 bits per heavy atom. The molecule has 0 spiro atoms. The molecule has 0 heterocycles. The van der Waals surface area contributed by atoms with Gasteiger partial charge in [0.05, 0.1) is 6.61 Å². The van der Waals surface area contributed by atoms with Crippen LogP contribution in [0.3, 0.4) is 0 Å². The molecule has 0 atom stereocenters. The van der Waals surface area contributed by atoms with Crippen LogP contribution in [0.1, 0.15) is 12.5 Å². The first-order valence-corrected chi connectivity index (χ1v) is 6.02. The van der Waals surface area contributed by atoms with Gasteiger partial charge in [-0.15, -0.1) is 6.58 Å². The summed E-state index contributed by atoms with van der Waals surface area (Å²) in [6.07, 6.45) is 1.77. The van der Waals surface area contributed by atoms with E-state index in [0.29, 0.717) is 24.8 Å². The van der Waals surface area contributed by atoms with E-state index in [9.17, 15) is 0 Å². The van der Waals surface area contributed by atoms with Crippen molar-refractivity contribution in [2.75, 3.05) is 13.2 Å². The van der Waals surface area contributed by atoms with Crippen LogP contribution in [0, 0.1) is 0 Å². The van der Waals surface area contributed by atoms with Gasteiger partial charge in [-0.1, -0.05) is 24.3 Å². The van der Waals surface area contributed by atoms with Crippen molar-refractivity contribution in [2.24, 2.45) is 0 Å². The topological polar surface area (TPSA) is 33.3 Å². The summed E-state index contributed by atoms with van der Waals surface area (Å²) in [5, 5.41) is 6.76. The predicted octanol–water partition coefficient (Wildman–Crippen LogP) is 2.24. The first-order valence-electron chi connectivity index (χ1n) is 5.61. The van der Waals surface area contributed by atoms with E-state index in [1.165, 1.54) is 0 Å². The van der Waals surface area contributed by atoms with Crippen LogP contribution in [0.5, 0.6) is 5.75 Å². The fraction of sp³-hybridized carbons (Fsp3) is 0.308. The Kier molecular flexibility index (Phi) is 6.10.